The van der Waals surface area contributed by atoms with E-state index in [9.17, 15) is 5.11 Å². The average Bonchev–Trinajstić information content (AvgIpc) is 2.92. The first kappa shape index (κ1) is 14.6. The molecule has 1 aromatic carbocycles. The summed E-state index contributed by atoms with van der Waals surface area (Å²) in [4.78, 5) is 4.57. The first-order valence-corrected chi connectivity index (χ1v) is 8.17. The highest BCUT2D eigenvalue weighted by Gasteiger charge is 2.44. The van der Waals surface area contributed by atoms with Crippen LogP contribution in [0.3, 0.4) is 0 Å². The molecule has 2 N–H and O–H groups in total. The Labute approximate surface area is 129 Å². The SMILES string of the molecule is CC(C)c1nsc(CNC2(c3ccccc3)CC(O)C2)n1. The van der Waals surface area contributed by atoms with Crippen molar-refractivity contribution < 1.29 is 5.11 Å². The standard InChI is InChI=1S/C16H21N3OS/c1-11(2)15-18-14(21-19-15)10-17-16(8-13(20)9-16)12-6-4-3-5-7-12/h3-7,11,13,17,20H,8-10H2,1-2H3. The maximum Gasteiger partial charge on any atom is 0.145 e. The Bertz CT molecular complexity index is 591. The number of hydrogen-bond acceptors (Lipinski definition) is 5. The van der Waals surface area contributed by atoms with E-state index in [1.807, 2.05) is 18.2 Å². The topological polar surface area (TPSA) is 58.0 Å². The second-order valence-corrected chi connectivity index (χ2v) is 6.90. The molecule has 0 amide bonds. The van der Waals surface area contributed by atoms with Crippen molar-refractivity contribution in [3.05, 3.63) is 46.7 Å². The zero-order chi connectivity index (χ0) is 14.9. The van der Waals surface area contributed by atoms with Gasteiger partial charge in [0, 0.05) is 11.5 Å². The predicted molar refractivity (Wildman–Crippen MR) is 84.2 cm³/mol. The molecule has 4 nitrogen and oxygen atoms in total. The second-order valence-electron chi connectivity index (χ2n) is 6.06. The van der Waals surface area contributed by atoms with Crippen LogP contribution in [0.25, 0.3) is 0 Å². The van der Waals surface area contributed by atoms with Gasteiger partial charge in [0.25, 0.3) is 0 Å². The molecule has 0 radical (unpaired) electrons. The Balaban J connectivity index is 1.71. The van der Waals surface area contributed by atoms with Gasteiger partial charge in [-0.2, -0.15) is 4.37 Å². The molecule has 0 aliphatic heterocycles. The minimum absolute atomic E-state index is 0.121. The molecular formula is C16H21N3OS. The van der Waals surface area contributed by atoms with Crippen LogP contribution < -0.4 is 5.32 Å². The van der Waals surface area contributed by atoms with Crippen molar-refractivity contribution in [1.29, 1.82) is 0 Å². The number of aromatic nitrogens is 2. The van der Waals surface area contributed by atoms with Crippen LogP contribution in [0.15, 0.2) is 30.3 Å². The molecule has 21 heavy (non-hydrogen) atoms. The number of benzene rings is 1. The summed E-state index contributed by atoms with van der Waals surface area (Å²) in [6.07, 6.45) is 1.30. The lowest BCUT2D eigenvalue weighted by atomic mass is 9.70. The first-order valence-electron chi connectivity index (χ1n) is 7.40. The van der Waals surface area contributed by atoms with E-state index < -0.39 is 0 Å². The van der Waals surface area contributed by atoms with Gasteiger partial charge in [0.1, 0.15) is 10.8 Å². The largest absolute Gasteiger partial charge is 0.393 e. The van der Waals surface area contributed by atoms with Crippen molar-refractivity contribution in [2.45, 2.75) is 50.8 Å². The summed E-state index contributed by atoms with van der Waals surface area (Å²) in [6, 6.07) is 10.4. The molecule has 1 fully saturated rings. The van der Waals surface area contributed by atoms with E-state index in [0.29, 0.717) is 12.5 Å². The van der Waals surface area contributed by atoms with Crippen LogP contribution in [0.1, 0.15) is 49.0 Å². The molecule has 1 heterocycles. The highest BCUT2D eigenvalue weighted by atomic mass is 32.1. The van der Waals surface area contributed by atoms with Crippen LogP contribution in [0.2, 0.25) is 0 Å². The van der Waals surface area contributed by atoms with Crippen molar-refractivity contribution >= 4 is 11.5 Å². The first-order chi connectivity index (χ1) is 10.1. The van der Waals surface area contributed by atoms with Gasteiger partial charge in [-0.3, -0.25) is 0 Å². The summed E-state index contributed by atoms with van der Waals surface area (Å²) in [7, 11) is 0. The van der Waals surface area contributed by atoms with E-state index in [4.69, 9.17) is 0 Å². The number of nitrogens with one attached hydrogen (secondary N) is 1. The Morgan fingerprint density at radius 2 is 2.05 bits per heavy atom. The van der Waals surface area contributed by atoms with Gasteiger partial charge in [0.15, 0.2) is 0 Å². The maximum absolute atomic E-state index is 9.75. The molecule has 1 saturated carbocycles. The van der Waals surface area contributed by atoms with E-state index >= 15 is 0 Å². The summed E-state index contributed by atoms with van der Waals surface area (Å²) in [6.45, 7) is 4.91. The zero-order valence-electron chi connectivity index (χ0n) is 12.4. The highest BCUT2D eigenvalue weighted by Crippen LogP contribution is 2.41. The quantitative estimate of drug-likeness (QED) is 0.892. The van der Waals surface area contributed by atoms with Gasteiger partial charge in [-0.15, -0.1) is 0 Å². The third-order valence-corrected chi connectivity index (χ3v) is 4.80. The lowest BCUT2D eigenvalue weighted by Gasteiger charge is -2.46. The summed E-state index contributed by atoms with van der Waals surface area (Å²) < 4.78 is 4.39. The molecule has 0 bridgehead atoms. The molecule has 3 rings (SSSR count). The molecular weight excluding hydrogens is 282 g/mol. The number of rotatable bonds is 5. The summed E-state index contributed by atoms with van der Waals surface area (Å²) in [5, 5.41) is 14.4. The number of nitrogens with zero attached hydrogens (tertiary/aromatic N) is 2. The molecule has 1 aromatic heterocycles. The van der Waals surface area contributed by atoms with Gasteiger partial charge < -0.3 is 10.4 Å². The normalized spacial score (nSPS) is 25.0. The molecule has 1 aliphatic carbocycles. The third-order valence-electron chi connectivity index (χ3n) is 4.07. The highest BCUT2D eigenvalue weighted by molar-refractivity contribution is 7.05. The van der Waals surface area contributed by atoms with Crippen LogP contribution in [0, 0.1) is 0 Å². The molecule has 0 unspecified atom stereocenters. The van der Waals surface area contributed by atoms with E-state index in [0.717, 1.165) is 23.7 Å². The van der Waals surface area contributed by atoms with Crippen LogP contribution in [0.4, 0.5) is 0 Å². The molecule has 0 atom stereocenters. The minimum atomic E-state index is -0.210. The van der Waals surface area contributed by atoms with Crippen LogP contribution in [-0.2, 0) is 12.1 Å². The summed E-state index contributed by atoms with van der Waals surface area (Å²) >= 11 is 1.46. The van der Waals surface area contributed by atoms with Crippen LogP contribution in [-0.4, -0.2) is 20.6 Å². The van der Waals surface area contributed by atoms with Gasteiger partial charge >= 0.3 is 0 Å². The van der Waals surface area contributed by atoms with Crippen molar-refractivity contribution in [1.82, 2.24) is 14.7 Å². The van der Waals surface area contributed by atoms with Crippen LogP contribution >= 0.6 is 11.5 Å². The van der Waals surface area contributed by atoms with Gasteiger partial charge in [-0.25, -0.2) is 4.98 Å². The molecule has 0 spiro atoms. The van der Waals surface area contributed by atoms with E-state index in [1.165, 1.54) is 17.1 Å². The predicted octanol–water partition coefficient (Wildman–Crippen LogP) is 2.80. The molecule has 2 aromatic rings. The Hall–Kier alpha value is -1.30. The number of aliphatic hydroxyl groups is 1. The minimum Gasteiger partial charge on any atom is -0.393 e. The fourth-order valence-electron chi connectivity index (χ4n) is 2.80. The van der Waals surface area contributed by atoms with E-state index in [2.05, 4.69) is 40.7 Å². The zero-order valence-corrected chi connectivity index (χ0v) is 13.2. The smallest absolute Gasteiger partial charge is 0.145 e. The van der Waals surface area contributed by atoms with Gasteiger partial charge in [0.05, 0.1) is 12.6 Å². The Kier molecular flexibility index (Phi) is 4.06. The van der Waals surface area contributed by atoms with Gasteiger partial charge in [0.2, 0.25) is 0 Å². The van der Waals surface area contributed by atoms with Crippen molar-refractivity contribution in [3.8, 4) is 0 Å². The third kappa shape index (κ3) is 3.00. The molecule has 1 aliphatic rings. The second kappa shape index (κ2) is 5.83. The number of hydrogen-bond donors (Lipinski definition) is 2. The summed E-state index contributed by atoms with van der Waals surface area (Å²) in [5.74, 6) is 1.28. The molecule has 112 valence electrons. The monoisotopic (exact) mass is 303 g/mol. The average molecular weight is 303 g/mol. The number of aliphatic hydroxyl groups excluding tert-OH is 1. The summed E-state index contributed by atoms with van der Waals surface area (Å²) in [5.41, 5.74) is 1.12. The molecule has 5 heteroatoms. The van der Waals surface area contributed by atoms with Crippen molar-refractivity contribution in [3.63, 3.8) is 0 Å². The lowest BCUT2D eigenvalue weighted by Crippen LogP contribution is -2.54. The maximum atomic E-state index is 9.75. The van der Waals surface area contributed by atoms with Gasteiger partial charge in [-0.05, 0) is 29.9 Å². The Morgan fingerprint density at radius 3 is 2.62 bits per heavy atom. The van der Waals surface area contributed by atoms with Crippen LogP contribution in [0.5, 0.6) is 0 Å². The van der Waals surface area contributed by atoms with E-state index in [-0.39, 0.29) is 11.6 Å². The fourth-order valence-corrected chi connectivity index (χ4v) is 3.52. The Morgan fingerprint density at radius 1 is 1.33 bits per heavy atom. The van der Waals surface area contributed by atoms with Crippen molar-refractivity contribution in [2.24, 2.45) is 0 Å². The van der Waals surface area contributed by atoms with Gasteiger partial charge in [-0.1, -0.05) is 44.2 Å². The lowest BCUT2D eigenvalue weighted by molar-refractivity contribution is -0.00213. The fraction of sp³-hybridized carbons (Fsp3) is 0.500. The van der Waals surface area contributed by atoms with Crippen molar-refractivity contribution in [2.75, 3.05) is 0 Å². The molecule has 0 saturated heterocycles. The van der Waals surface area contributed by atoms with E-state index in [1.54, 1.807) is 0 Å².